The van der Waals surface area contributed by atoms with Crippen LogP contribution < -0.4 is 0 Å². The highest BCUT2D eigenvalue weighted by atomic mass is 79.9. The van der Waals surface area contributed by atoms with E-state index in [9.17, 15) is 0 Å². The molecule has 0 aromatic carbocycles. The summed E-state index contributed by atoms with van der Waals surface area (Å²) >= 11 is 3.37. The van der Waals surface area contributed by atoms with Crippen LogP contribution >= 0.6 is 15.9 Å². The second-order valence-electron chi connectivity index (χ2n) is 2.59. The van der Waals surface area contributed by atoms with E-state index in [4.69, 9.17) is 0 Å². The Labute approximate surface area is 81.7 Å². The Morgan fingerprint density at radius 1 is 1.58 bits per heavy atom. The van der Waals surface area contributed by atoms with Gasteiger partial charge in [-0.25, -0.2) is 0 Å². The average Bonchev–Trinajstić information content (AvgIpc) is 2.09. The molecule has 0 aliphatic rings. The summed E-state index contributed by atoms with van der Waals surface area (Å²) in [6, 6.07) is 4.03. The van der Waals surface area contributed by atoms with Crippen molar-refractivity contribution in [3.8, 4) is 0 Å². The molecule has 1 nitrogen and oxygen atoms in total. The van der Waals surface area contributed by atoms with Crippen LogP contribution in [0.1, 0.15) is 17.7 Å². The first-order valence-corrected chi connectivity index (χ1v) is 5.11. The summed E-state index contributed by atoms with van der Waals surface area (Å²) in [5.74, 6) is 0. The fraction of sp³-hybridized carbons (Fsp3) is 0.300. The number of pyridine rings is 1. The van der Waals surface area contributed by atoms with Crippen molar-refractivity contribution in [3.63, 3.8) is 0 Å². The minimum atomic E-state index is 1.01. The Morgan fingerprint density at radius 2 is 2.42 bits per heavy atom. The molecule has 0 saturated heterocycles. The maximum atomic E-state index is 4.25. The molecule has 1 heterocycles. The van der Waals surface area contributed by atoms with Crippen LogP contribution in [0.5, 0.6) is 0 Å². The molecule has 0 unspecified atom stereocenters. The number of hydrogen-bond donors (Lipinski definition) is 0. The Hall–Kier alpha value is -0.630. The molecule has 0 fully saturated rings. The van der Waals surface area contributed by atoms with Gasteiger partial charge in [-0.3, -0.25) is 4.98 Å². The van der Waals surface area contributed by atoms with Gasteiger partial charge >= 0.3 is 0 Å². The molecule has 0 spiro atoms. The molecule has 64 valence electrons. The van der Waals surface area contributed by atoms with Gasteiger partial charge in [-0.2, -0.15) is 0 Å². The lowest BCUT2D eigenvalue weighted by molar-refractivity contribution is 1.22. The average molecular weight is 226 g/mol. The summed E-state index contributed by atoms with van der Waals surface area (Å²) in [5, 5.41) is 1.01. The van der Waals surface area contributed by atoms with Gasteiger partial charge in [0.1, 0.15) is 0 Å². The fourth-order valence-corrected chi connectivity index (χ4v) is 1.19. The lowest BCUT2D eigenvalue weighted by Gasteiger charge is -1.96. The number of aromatic nitrogens is 1. The van der Waals surface area contributed by atoms with E-state index in [1.54, 1.807) is 0 Å². The molecule has 0 atom stereocenters. The molecule has 0 bridgehead atoms. The molecule has 0 radical (unpaired) electrons. The monoisotopic (exact) mass is 225 g/mol. The van der Waals surface area contributed by atoms with E-state index in [1.165, 1.54) is 5.56 Å². The Bertz CT molecular complexity index is 268. The van der Waals surface area contributed by atoms with Gasteiger partial charge in [-0.15, -0.1) is 0 Å². The molecule has 0 aliphatic carbocycles. The lowest BCUT2D eigenvalue weighted by Crippen LogP contribution is -1.83. The van der Waals surface area contributed by atoms with E-state index >= 15 is 0 Å². The van der Waals surface area contributed by atoms with Crippen molar-refractivity contribution < 1.29 is 0 Å². The predicted molar refractivity (Wildman–Crippen MR) is 56.4 cm³/mol. The molecule has 12 heavy (non-hydrogen) atoms. The van der Waals surface area contributed by atoms with E-state index < -0.39 is 0 Å². The third-order valence-electron chi connectivity index (χ3n) is 1.60. The first-order valence-electron chi connectivity index (χ1n) is 3.98. The van der Waals surface area contributed by atoms with Crippen molar-refractivity contribution in [2.75, 3.05) is 5.33 Å². The summed E-state index contributed by atoms with van der Waals surface area (Å²) in [6.45, 7) is 2.07. The molecule has 0 saturated carbocycles. The highest BCUT2D eigenvalue weighted by Crippen LogP contribution is 2.05. The molecule has 1 aromatic rings. The maximum absolute atomic E-state index is 4.25. The minimum Gasteiger partial charge on any atom is -0.257 e. The van der Waals surface area contributed by atoms with Crippen molar-refractivity contribution in [2.45, 2.75) is 13.3 Å². The normalized spacial score (nSPS) is 10.8. The number of aryl methyl sites for hydroxylation is 1. The van der Waals surface area contributed by atoms with Crippen LogP contribution in [0.4, 0.5) is 0 Å². The minimum absolute atomic E-state index is 1.01. The fourth-order valence-electron chi connectivity index (χ4n) is 0.930. The molecule has 0 amide bonds. The second kappa shape index (κ2) is 5.09. The van der Waals surface area contributed by atoms with Gasteiger partial charge in [-0.1, -0.05) is 28.1 Å². The first kappa shape index (κ1) is 9.46. The van der Waals surface area contributed by atoms with Gasteiger partial charge < -0.3 is 0 Å². The van der Waals surface area contributed by atoms with Gasteiger partial charge in [0.25, 0.3) is 0 Å². The molecule has 0 N–H and O–H groups in total. The van der Waals surface area contributed by atoms with Gasteiger partial charge in [0.15, 0.2) is 0 Å². The number of halogens is 1. The van der Waals surface area contributed by atoms with Crippen LogP contribution in [-0.4, -0.2) is 10.3 Å². The van der Waals surface area contributed by atoms with E-state index in [0.717, 1.165) is 17.4 Å². The SMILES string of the molecule is Cc1cccnc1C=CCCBr. The Morgan fingerprint density at radius 3 is 3.08 bits per heavy atom. The number of allylic oxidation sites excluding steroid dienone is 1. The third kappa shape index (κ3) is 2.78. The zero-order chi connectivity index (χ0) is 8.81. The van der Waals surface area contributed by atoms with E-state index in [0.29, 0.717) is 0 Å². The largest absolute Gasteiger partial charge is 0.257 e. The van der Waals surface area contributed by atoms with Crippen molar-refractivity contribution in [1.82, 2.24) is 4.98 Å². The van der Waals surface area contributed by atoms with Gasteiger partial charge in [0, 0.05) is 11.5 Å². The third-order valence-corrected chi connectivity index (χ3v) is 2.06. The smallest absolute Gasteiger partial charge is 0.0655 e. The van der Waals surface area contributed by atoms with Crippen LogP contribution in [0.3, 0.4) is 0 Å². The van der Waals surface area contributed by atoms with Gasteiger partial charge in [-0.05, 0) is 31.1 Å². The Balaban J connectivity index is 2.68. The second-order valence-corrected chi connectivity index (χ2v) is 3.38. The zero-order valence-corrected chi connectivity index (χ0v) is 8.71. The van der Waals surface area contributed by atoms with Crippen molar-refractivity contribution in [1.29, 1.82) is 0 Å². The summed E-state index contributed by atoms with van der Waals surface area (Å²) in [5.41, 5.74) is 2.29. The van der Waals surface area contributed by atoms with Gasteiger partial charge in [0.2, 0.25) is 0 Å². The van der Waals surface area contributed by atoms with Crippen molar-refractivity contribution in [2.24, 2.45) is 0 Å². The molecular weight excluding hydrogens is 214 g/mol. The van der Waals surface area contributed by atoms with E-state index in [1.807, 2.05) is 12.3 Å². The Kier molecular flexibility index (Phi) is 4.01. The molecule has 2 heteroatoms. The molecule has 0 aliphatic heterocycles. The standard InChI is InChI=1S/C10H12BrN/c1-9-5-4-8-12-10(9)6-2-3-7-11/h2,4-6,8H,3,7H2,1H3. The van der Waals surface area contributed by atoms with Crippen LogP contribution in [0.25, 0.3) is 6.08 Å². The number of alkyl halides is 1. The predicted octanol–water partition coefficient (Wildman–Crippen LogP) is 3.19. The summed E-state index contributed by atoms with van der Waals surface area (Å²) in [4.78, 5) is 4.25. The maximum Gasteiger partial charge on any atom is 0.0655 e. The van der Waals surface area contributed by atoms with Crippen LogP contribution in [0.15, 0.2) is 24.4 Å². The van der Waals surface area contributed by atoms with Crippen molar-refractivity contribution >= 4 is 22.0 Å². The number of rotatable bonds is 3. The van der Waals surface area contributed by atoms with Crippen LogP contribution in [0.2, 0.25) is 0 Å². The molecular formula is C10H12BrN. The molecule has 1 aromatic heterocycles. The summed E-state index contributed by atoms with van der Waals surface area (Å²) in [7, 11) is 0. The zero-order valence-electron chi connectivity index (χ0n) is 7.13. The van der Waals surface area contributed by atoms with E-state index in [2.05, 4.69) is 46.1 Å². The number of hydrogen-bond acceptors (Lipinski definition) is 1. The molecule has 1 rings (SSSR count). The lowest BCUT2D eigenvalue weighted by atomic mass is 10.2. The van der Waals surface area contributed by atoms with Crippen LogP contribution in [-0.2, 0) is 0 Å². The first-order chi connectivity index (χ1) is 5.84. The van der Waals surface area contributed by atoms with E-state index in [-0.39, 0.29) is 0 Å². The van der Waals surface area contributed by atoms with Gasteiger partial charge in [0.05, 0.1) is 5.69 Å². The summed E-state index contributed by atoms with van der Waals surface area (Å²) in [6.07, 6.45) is 7.07. The highest BCUT2D eigenvalue weighted by Gasteiger charge is 1.90. The number of nitrogens with zero attached hydrogens (tertiary/aromatic N) is 1. The van der Waals surface area contributed by atoms with Crippen LogP contribution in [0, 0.1) is 6.92 Å². The van der Waals surface area contributed by atoms with Crippen molar-refractivity contribution in [3.05, 3.63) is 35.7 Å². The topological polar surface area (TPSA) is 12.9 Å². The quantitative estimate of drug-likeness (QED) is 0.721. The highest BCUT2D eigenvalue weighted by molar-refractivity contribution is 9.09. The summed E-state index contributed by atoms with van der Waals surface area (Å²) < 4.78 is 0.